The normalized spacial score (nSPS) is 11.2. The molecule has 156 valence electrons. The highest BCUT2D eigenvalue weighted by Crippen LogP contribution is 2.22. The minimum Gasteiger partial charge on any atom is -0.497 e. The van der Waals surface area contributed by atoms with Crippen LogP contribution in [0, 0.1) is 0 Å². The lowest BCUT2D eigenvalue weighted by Crippen LogP contribution is -2.37. The molecule has 1 aromatic carbocycles. The molecule has 1 heterocycles. The fourth-order valence-electron chi connectivity index (χ4n) is 2.99. The molecule has 0 unspecified atom stereocenters. The molecule has 0 aliphatic heterocycles. The molecule has 0 bridgehead atoms. The number of hydrogen-bond acceptors (Lipinski definition) is 4. The topological polar surface area (TPSA) is 71.7 Å². The maximum Gasteiger partial charge on any atom is 0.191 e. The van der Waals surface area contributed by atoms with Crippen LogP contribution in [0.1, 0.15) is 56.0 Å². The minimum absolute atomic E-state index is 0. The quantitative estimate of drug-likeness (QED) is 0.218. The Hall–Kier alpha value is -1.77. The molecule has 0 saturated carbocycles. The summed E-state index contributed by atoms with van der Waals surface area (Å²) in [5.74, 6) is 2.96. The predicted molar refractivity (Wildman–Crippen MR) is 125 cm³/mol. The van der Waals surface area contributed by atoms with E-state index in [1.807, 2.05) is 18.2 Å². The third-order valence-electron chi connectivity index (χ3n) is 4.73. The number of aryl methyl sites for hydroxylation is 1. The molecule has 28 heavy (non-hydrogen) atoms. The summed E-state index contributed by atoms with van der Waals surface area (Å²) >= 11 is 0. The number of aromatic nitrogens is 1. The number of methoxy groups -OCH3 is 1. The number of rotatable bonds is 10. The number of ether oxygens (including phenoxy) is 1. The van der Waals surface area contributed by atoms with E-state index in [0.717, 1.165) is 55.4 Å². The van der Waals surface area contributed by atoms with Crippen LogP contribution < -0.4 is 15.4 Å². The highest BCUT2D eigenvalue weighted by Gasteiger charge is 2.13. The average molecular weight is 500 g/mol. The minimum atomic E-state index is 0. The van der Waals surface area contributed by atoms with Crippen molar-refractivity contribution in [2.45, 2.75) is 52.0 Å². The third kappa shape index (κ3) is 7.69. The standard InChI is InChI=1S/C21H32N4O2.HI/c1-5-17(6-2)20-14-19(27-25-20)15-24-21(22-3)23-13-7-8-16-9-11-18(26-4)12-10-16;/h9-12,14,17H,5-8,13,15H2,1-4H3,(H2,22,23,24);1H. The highest BCUT2D eigenvalue weighted by atomic mass is 127. The van der Waals surface area contributed by atoms with Gasteiger partial charge in [0.15, 0.2) is 11.7 Å². The van der Waals surface area contributed by atoms with Crippen LogP contribution in [0.25, 0.3) is 0 Å². The maximum atomic E-state index is 5.44. The Morgan fingerprint density at radius 3 is 2.50 bits per heavy atom. The van der Waals surface area contributed by atoms with Gasteiger partial charge in [0.05, 0.1) is 19.3 Å². The molecule has 0 atom stereocenters. The lowest BCUT2D eigenvalue weighted by Gasteiger charge is -2.10. The van der Waals surface area contributed by atoms with E-state index in [4.69, 9.17) is 9.26 Å². The molecule has 6 nitrogen and oxygen atoms in total. The Bertz CT molecular complexity index is 697. The van der Waals surface area contributed by atoms with Crippen molar-refractivity contribution in [3.05, 3.63) is 47.3 Å². The van der Waals surface area contributed by atoms with Gasteiger partial charge in [0.1, 0.15) is 5.75 Å². The summed E-state index contributed by atoms with van der Waals surface area (Å²) in [5, 5.41) is 10.8. The Labute approximate surface area is 185 Å². The maximum absolute atomic E-state index is 5.44. The van der Waals surface area contributed by atoms with Crippen molar-refractivity contribution in [3.8, 4) is 5.75 Å². The average Bonchev–Trinajstić information content (AvgIpc) is 3.17. The number of halogens is 1. The molecule has 2 aromatic rings. The van der Waals surface area contributed by atoms with E-state index in [-0.39, 0.29) is 24.0 Å². The number of hydrogen-bond donors (Lipinski definition) is 2. The monoisotopic (exact) mass is 500 g/mol. The van der Waals surface area contributed by atoms with Gasteiger partial charge in [-0.3, -0.25) is 4.99 Å². The molecule has 0 aliphatic carbocycles. The fraction of sp³-hybridized carbons (Fsp3) is 0.524. The van der Waals surface area contributed by atoms with Crippen LogP contribution in [0.2, 0.25) is 0 Å². The zero-order valence-electron chi connectivity index (χ0n) is 17.3. The highest BCUT2D eigenvalue weighted by molar-refractivity contribution is 14.0. The molecular weight excluding hydrogens is 467 g/mol. The van der Waals surface area contributed by atoms with Crippen LogP contribution in [0.15, 0.2) is 39.8 Å². The van der Waals surface area contributed by atoms with Gasteiger partial charge in [0.2, 0.25) is 0 Å². The van der Waals surface area contributed by atoms with Gasteiger partial charge in [-0.25, -0.2) is 0 Å². The zero-order chi connectivity index (χ0) is 19.5. The summed E-state index contributed by atoms with van der Waals surface area (Å²) in [6.45, 7) is 5.78. The van der Waals surface area contributed by atoms with Crippen molar-refractivity contribution in [1.29, 1.82) is 0 Å². The molecule has 1 aromatic heterocycles. The molecule has 2 N–H and O–H groups in total. The lowest BCUT2D eigenvalue weighted by atomic mass is 9.99. The molecular formula is C21H33IN4O2. The SMILES string of the molecule is CCC(CC)c1cc(CNC(=NC)NCCCc2ccc(OC)cc2)on1.I. The van der Waals surface area contributed by atoms with Crippen LogP contribution in [-0.4, -0.2) is 31.8 Å². The van der Waals surface area contributed by atoms with Crippen LogP contribution >= 0.6 is 24.0 Å². The smallest absolute Gasteiger partial charge is 0.191 e. The van der Waals surface area contributed by atoms with Gasteiger partial charge >= 0.3 is 0 Å². The second-order valence-corrected chi connectivity index (χ2v) is 6.54. The van der Waals surface area contributed by atoms with Crippen LogP contribution in [0.3, 0.4) is 0 Å². The Morgan fingerprint density at radius 2 is 1.89 bits per heavy atom. The van der Waals surface area contributed by atoms with Crippen molar-refractivity contribution in [1.82, 2.24) is 15.8 Å². The Kier molecular flexibility index (Phi) is 11.6. The van der Waals surface area contributed by atoms with Crippen molar-refractivity contribution >= 4 is 29.9 Å². The fourth-order valence-corrected chi connectivity index (χ4v) is 2.99. The zero-order valence-corrected chi connectivity index (χ0v) is 19.7. The van der Waals surface area contributed by atoms with Gasteiger partial charge in [-0.2, -0.15) is 0 Å². The molecule has 7 heteroatoms. The van der Waals surface area contributed by atoms with E-state index in [0.29, 0.717) is 12.5 Å². The molecule has 0 saturated heterocycles. The van der Waals surface area contributed by atoms with E-state index in [1.54, 1.807) is 14.2 Å². The van der Waals surface area contributed by atoms with Crippen LogP contribution in [0.5, 0.6) is 5.75 Å². The van der Waals surface area contributed by atoms with Crippen molar-refractivity contribution in [2.24, 2.45) is 4.99 Å². The Morgan fingerprint density at radius 1 is 1.18 bits per heavy atom. The summed E-state index contributed by atoms with van der Waals surface area (Å²) in [4.78, 5) is 4.26. The van der Waals surface area contributed by atoms with Gasteiger partial charge in [0, 0.05) is 25.6 Å². The predicted octanol–water partition coefficient (Wildman–Crippen LogP) is 4.50. The lowest BCUT2D eigenvalue weighted by molar-refractivity contribution is 0.368. The summed E-state index contributed by atoms with van der Waals surface area (Å²) in [6.07, 6.45) is 4.18. The van der Waals surface area contributed by atoms with E-state index in [9.17, 15) is 0 Å². The first-order valence-electron chi connectivity index (χ1n) is 9.73. The van der Waals surface area contributed by atoms with Crippen molar-refractivity contribution in [2.75, 3.05) is 20.7 Å². The first kappa shape index (κ1) is 24.3. The number of benzene rings is 1. The van der Waals surface area contributed by atoms with Gasteiger partial charge < -0.3 is 19.9 Å². The summed E-state index contributed by atoms with van der Waals surface area (Å²) in [5.41, 5.74) is 2.34. The summed E-state index contributed by atoms with van der Waals surface area (Å²) < 4.78 is 10.6. The van der Waals surface area contributed by atoms with Gasteiger partial charge in [-0.05, 0) is 43.4 Å². The number of aliphatic imine (C=N–C) groups is 1. The third-order valence-corrected chi connectivity index (χ3v) is 4.73. The Balaban J connectivity index is 0.00000392. The molecule has 0 aliphatic rings. The number of guanidine groups is 1. The number of nitrogens with zero attached hydrogens (tertiary/aromatic N) is 2. The number of nitrogens with one attached hydrogen (secondary N) is 2. The summed E-state index contributed by atoms with van der Waals surface area (Å²) in [7, 11) is 3.46. The van der Waals surface area contributed by atoms with Gasteiger partial charge in [-0.15, -0.1) is 24.0 Å². The van der Waals surface area contributed by atoms with Crippen LogP contribution in [-0.2, 0) is 13.0 Å². The molecule has 2 rings (SSSR count). The van der Waals surface area contributed by atoms with E-state index >= 15 is 0 Å². The van der Waals surface area contributed by atoms with Crippen LogP contribution in [0.4, 0.5) is 0 Å². The molecule has 0 fully saturated rings. The first-order chi connectivity index (χ1) is 13.2. The first-order valence-corrected chi connectivity index (χ1v) is 9.73. The van der Waals surface area contributed by atoms with Gasteiger partial charge in [0.25, 0.3) is 0 Å². The van der Waals surface area contributed by atoms with E-state index in [1.165, 1.54) is 5.56 Å². The van der Waals surface area contributed by atoms with E-state index in [2.05, 4.69) is 46.8 Å². The van der Waals surface area contributed by atoms with Crippen molar-refractivity contribution in [3.63, 3.8) is 0 Å². The second-order valence-electron chi connectivity index (χ2n) is 6.54. The van der Waals surface area contributed by atoms with E-state index < -0.39 is 0 Å². The van der Waals surface area contributed by atoms with Gasteiger partial charge in [-0.1, -0.05) is 31.1 Å². The molecule has 0 amide bonds. The largest absolute Gasteiger partial charge is 0.497 e. The molecule has 0 radical (unpaired) electrons. The summed E-state index contributed by atoms with van der Waals surface area (Å²) in [6, 6.07) is 10.2. The molecule has 0 spiro atoms. The second kappa shape index (κ2) is 13.4. The van der Waals surface area contributed by atoms with Crippen molar-refractivity contribution < 1.29 is 9.26 Å².